The maximum Gasteiger partial charge on any atom is 0.124 e. The molecule has 2 nitrogen and oxygen atoms in total. The summed E-state index contributed by atoms with van der Waals surface area (Å²) in [6.07, 6.45) is 3.92. The normalized spacial score (nSPS) is 26.9. The predicted molar refractivity (Wildman–Crippen MR) is 75.5 cm³/mol. The highest BCUT2D eigenvalue weighted by Crippen LogP contribution is 2.40. The molecule has 0 aliphatic heterocycles. The Hall–Kier alpha value is -1.02. The molecular weight excluding hydrogens is 222 g/mol. The Morgan fingerprint density at radius 2 is 2.00 bits per heavy atom. The summed E-state index contributed by atoms with van der Waals surface area (Å²) in [4.78, 5) is 0. The van der Waals surface area contributed by atoms with E-state index >= 15 is 0 Å². The first-order chi connectivity index (χ1) is 8.50. The molecule has 0 amide bonds. The molecule has 1 aliphatic rings. The van der Waals surface area contributed by atoms with Crippen LogP contribution in [0.1, 0.15) is 45.6 Å². The number of nitrogens with two attached hydrogens (primary N) is 1. The van der Waals surface area contributed by atoms with Crippen molar-refractivity contribution in [2.75, 3.05) is 0 Å². The van der Waals surface area contributed by atoms with Crippen molar-refractivity contribution in [1.29, 1.82) is 0 Å². The van der Waals surface area contributed by atoms with Crippen molar-refractivity contribution in [2.45, 2.75) is 52.7 Å². The van der Waals surface area contributed by atoms with Crippen LogP contribution in [0.15, 0.2) is 24.3 Å². The highest BCUT2D eigenvalue weighted by atomic mass is 16.5. The maximum atomic E-state index is 6.20. The van der Waals surface area contributed by atoms with E-state index in [0.717, 1.165) is 30.1 Å². The molecule has 1 aliphatic carbocycles. The Morgan fingerprint density at radius 3 is 2.67 bits per heavy atom. The quantitative estimate of drug-likeness (QED) is 0.883. The van der Waals surface area contributed by atoms with Gasteiger partial charge in [0, 0.05) is 12.1 Å². The summed E-state index contributed by atoms with van der Waals surface area (Å²) in [6, 6.07) is 8.12. The van der Waals surface area contributed by atoms with Crippen molar-refractivity contribution in [3.05, 3.63) is 29.8 Å². The van der Waals surface area contributed by atoms with Gasteiger partial charge < -0.3 is 10.5 Å². The first-order valence-electron chi connectivity index (χ1n) is 6.95. The fourth-order valence-electron chi connectivity index (χ4n) is 3.32. The highest BCUT2D eigenvalue weighted by molar-refractivity contribution is 5.33. The Balaban J connectivity index is 2.09. The van der Waals surface area contributed by atoms with Crippen LogP contribution in [0.5, 0.6) is 5.75 Å². The third kappa shape index (κ3) is 3.26. The van der Waals surface area contributed by atoms with Crippen molar-refractivity contribution in [3.8, 4) is 5.75 Å². The van der Waals surface area contributed by atoms with Crippen molar-refractivity contribution in [1.82, 2.24) is 0 Å². The molecule has 18 heavy (non-hydrogen) atoms. The lowest BCUT2D eigenvalue weighted by Crippen LogP contribution is -2.34. The number of hydrogen-bond acceptors (Lipinski definition) is 2. The third-order valence-corrected chi connectivity index (χ3v) is 3.83. The number of hydrogen-bond donors (Lipinski definition) is 1. The van der Waals surface area contributed by atoms with Gasteiger partial charge in [-0.05, 0) is 36.7 Å². The van der Waals surface area contributed by atoms with E-state index in [9.17, 15) is 0 Å². The van der Waals surface area contributed by atoms with Gasteiger partial charge in [0.2, 0.25) is 0 Å². The van der Waals surface area contributed by atoms with Gasteiger partial charge in [-0.25, -0.2) is 0 Å². The SMILES string of the molecule is CC1CC(Oc2ccccc2CN)CC(C)(C)C1. The van der Waals surface area contributed by atoms with E-state index < -0.39 is 0 Å². The fraction of sp³-hybridized carbons (Fsp3) is 0.625. The van der Waals surface area contributed by atoms with Crippen LogP contribution < -0.4 is 10.5 Å². The third-order valence-electron chi connectivity index (χ3n) is 3.83. The van der Waals surface area contributed by atoms with Gasteiger partial charge in [0.25, 0.3) is 0 Å². The molecule has 0 bridgehead atoms. The summed E-state index contributed by atoms with van der Waals surface area (Å²) in [5.74, 6) is 1.71. The van der Waals surface area contributed by atoms with Gasteiger partial charge in [0.1, 0.15) is 5.75 Å². The van der Waals surface area contributed by atoms with E-state index in [1.54, 1.807) is 0 Å². The Kier molecular flexibility index (Phi) is 3.96. The maximum absolute atomic E-state index is 6.20. The molecule has 1 saturated carbocycles. The molecule has 2 atom stereocenters. The van der Waals surface area contributed by atoms with E-state index in [2.05, 4.69) is 20.8 Å². The average molecular weight is 247 g/mol. The zero-order chi connectivity index (χ0) is 13.2. The summed E-state index contributed by atoms with van der Waals surface area (Å²) < 4.78 is 6.20. The van der Waals surface area contributed by atoms with E-state index in [1.807, 2.05) is 24.3 Å². The van der Waals surface area contributed by atoms with Gasteiger partial charge in [0.15, 0.2) is 0 Å². The summed E-state index contributed by atoms with van der Waals surface area (Å²) in [5.41, 5.74) is 7.25. The van der Waals surface area contributed by atoms with E-state index in [4.69, 9.17) is 10.5 Å². The van der Waals surface area contributed by atoms with Crippen LogP contribution >= 0.6 is 0 Å². The first-order valence-corrected chi connectivity index (χ1v) is 6.95. The predicted octanol–water partition coefficient (Wildman–Crippen LogP) is 3.74. The van der Waals surface area contributed by atoms with Crippen molar-refractivity contribution >= 4 is 0 Å². The first kappa shape index (κ1) is 13.4. The van der Waals surface area contributed by atoms with Crippen LogP contribution in [0, 0.1) is 11.3 Å². The lowest BCUT2D eigenvalue weighted by Gasteiger charge is -2.39. The van der Waals surface area contributed by atoms with E-state index in [1.165, 1.54) is 6.42 Å². The molecule has 2 N–H and O–H groups in total. The summed E-state index contributed by atoms with van der Waals surface area (Å²) >= 11 is 0. The van der Waals surface area contributed by atoms with Crippen molar-refractivity contribution in [3.63, 3.8) is 0 Å². The lowest BCUT2D eigenvalue weighted by atomic mass is 9.71. The molecule has 100 valence electrons. The van der Waals surface area contributed by atoms with Crippen LogP contribution in [0.4, 0.5) is 0 Å². The molecule has 0 spiro atoms. The van der Waals surface area contributed by atoms with Crippen molar-refractivity contribution < 1.29 is 4.74 Å². The number of para-hydroxylation sites is 1. The van der Waals surface area contributed by atoms with E-state index in [0.29, 0.717) is 18.1 Å². The average Bonchev–Trinajstić information content (AvgIpc) is 2.27. The van der Waals surface area contributed by atoms with Gasteiger partial charge in [-0.1, -0.05) is 39.0 Å². The molecule has 0 saturated heterocycles. The highest BCUT2D eigenvalue weighted by Gasteiger charge is 2.33. The van der Waals surface area contributed by atoms with Crippen LogP contribution in [0.2, 0.25) is 0 Å². The Bertz CT molecular complexity index is 400. The number of rotatable bonds is 3. The zero-order valence-electron chi connectivity index (χ0n) is 11.8. The van der Waals surface area contributed by atoms with Crippen molar-refractivity contribution in [2.24, 2.45) is 17.1 Å². The fourth-order valence-corrected chi connectivity index (χ4v) is 3.32. The van der Waals surface area contributed by atoms with Crippen LogP contribution in [0.25, 0.3) is 0 Å². The molecule has 2 heteroatoms. The second-order valence-electron chi connectivity index (χ2n) is 6.47. The van der Waals surface area contributed by atoms with Gasteiger partial charge >= 0.3 is 0 Å². The van der Waals surface area contributed by atoms with Crippen LogP contribution in [-0.2, 0) is 6.54 Å². The second-order valence-corrected chi connectivity index (χ2v) is 6.47. The number of benzene rings is 1. The van der Waals surface area contributed by atoms with Gasteiger partial charge in [-0.3, -0.25) is 0 Å². The molecule has 1 aromatic carbocycles. The largest absolute Gasteiger partial charge is 0.490 e. The molecule has 1 aromatic rings. The Morgan fingerprint density at radius 1 is 1.28 bits per heavy atom. The topological polar surface area (TPSA) is 35.2 Å². The van der Waals surface area contributed by atoms with Gasteiger partial charge in [-0.15, -0.1) is 0 Å². The minimum atomic E-state index is 0.330. The molecule has 1 fully saturated rings. The summed E-state index contributed by atoms with van der Waals surface area (Å²) in [6.45, 7) is 7.55. The smallest absolute Gasteiger partial charge is 0.124 e. The molecule has 2 rings (SSSR count). The van der Waals surface area contributed by atoms with Gasteiger partial charge in [-0.2, -0.15) is 0 Å². The molecular formula is C16H25NO. The molecule has 0 aromatic heterocycles. The van der Waals surface area contributed by atoms with Crippen LogP contribution in [0.3, 0.4) is 0 Å². The van der Waals surface area contributed by atoms with Gasteiger partial charge in [0.05, 0.1) is 6.10 Å². The molecule has 0 radical (unpaired) electrons. The Labute approximate surface area is 111 Å². The summed E-state index contributed by atoms with van der Waals surface area (Å²) in [5, 5.41) is 0. The molecule has 2 unspecified atom stereocenters. The lowest BCUT2D eigenvalue weighted by molar-refractivity contribution is 0.0556. The zero-order valence-corrected chi connectivity index (χ0v) is 11.8. The second kappa shape index (κ2) is 5.31. The summed E-state index contributed by atoms with van der Waals surface area (Å²) in [7, 11) is 0. The van der Waals surface area contributed by atoms with Crippen LogP contribution in [-0.4, -0.2) is 6.10 Å². The molecule has 0 heterocycles. The van der Waals surface area contributed by atoms with E-state index in [-0.39, 0.29) is 0 Å². The standard InChI is InChI=1S/C16H25NO/c1-12-8-14(10-16(2,3)9-12)18-15-7-5-4-6-13(15)11-17/h4-7,12,14H,8-11,17H2,1-3H3. The monoisotopic (exact) mass is 247 g/mol. The number of ether oxygens (including phenoxy) is 1. The minimum absolute atomic E-state index is 0.330. The minimum Gasteiger partial charge on any atom is -0.490 e.